The molecule has 0 unspecified atom stereocenters. The minimum absolute atomic E-state index is 0.188. The first-order chi connectivity index (χ1) is 11.7. The lowest BCUT2D eigenvalue weighted by Crippen LogP contribution is -2.15. The van der Waals surface area contributed by atoms with Crippen LogP contribution in [0.15, 0.2) is 73.1 Å². The molecule has 1 amide bonds. The number of primary amides is 1. The summed E-state index contributed by atoms with van der Waals surface area (Å²) in [6, 6.07) is 18.3. The molecule has 0 spiro atoms. The molecule has 0 radical (unpaired) electrons. The van der Waals surface area contributed by atoms with Crippen LogP contribution in [0.1, 0.15) is 10.4 Å². The second-order valence-electron chi connectivity index (χ2n) is 5.52. The molecule has 3 N–H and O–H groups in total. The fourth-order valence-electron chi connectivity index (χ4n) is 3.05. The molecule has 0 saturated carbocycles. The van der Waals surface area contributed by atoms with Crippen LogP contribution >= 0.6 is 0 Å². The summed E-state index contributed by atoms with van der Waals surface area (Å²) >= 11 is 0. The molecule has 0 aliphatic carbocycles. The molecule has 5 nitrogen and oxygen atoms in total. The van der Waals surface area contributed by atoms with E-state index in [0.717, 1.165) is 16.6 Å². The molecule has 0 saturated heterocycles. The van der Waals surface area contributed by atoms with Crippen molar-refractivity contribution in [3.8, 4) is 17.3 Å². The Labute approximate surface area is 138 Å². The van der Waals surface area contributed by atoms with Crippen molar-refractivity contribution in [3.63, 3.8) is 0 Å². The van der Waals surface area contributed by atoms with E-state index in [1.54, 1.807) is 24.3 Å². The van der Waals surface area contributed by atoms with Crippen LogP contribution in [0, 0.1) is 0 Å². The number of hydrogen-bond acceptors (Lipinski definition) is 2. The smallest absolute Gasteiger partial charge is 0.253 e. The Hall–Kier alpha value is -3.47. The summed E-state index contributed by atoms with van der Waals surface area (Å²) in [4.78, 5) is 12.2. The SMILES string of the molecule is NC(=O)c1c(-n2cccc2)n(-c2ccc(O)cc2)c2ccccc12. The van der Waals surface area contributed by atoms with Gasteiger partial charge in [0.15, 0.2) is 0 Å². The summed E-state index contributed by atoms with van der Waals surface area (Å²) in [5, 5.41) is 10.4. The Kier molecular flexibility index (Phi) is 3.13. The average molecular weight is 317 g/mol. The summed E-state index contributed by atoms with van der Waals surface area (Å²) in [5.41, 5.74) is 7.87. The molecular formula is C19H15N3O2. The highest BCUT2D eigenvalue weighted by Crippen LogP contribution is 2.32. The molecule has 0 fully saturated rings. The highest BCUT2D eigenvalue weighted by molar-refractivity contribution is 6.10. The number of nitrogens with two attached hydrogens (primary N) is 1. The molecule has 2 aromatic heterocycles. The first-order valence-corrected chi connectivity index (χ1v) is 7.53. The van der Waals surface area contributed by atoms with Gasteiger partial charge in [0.05, 0.1) is 11.1 Å². The van der Waals surface area contributed by atoms with E-state index >= 15 is 0 Å². The van der Waals surface area contributed by atoms with Gasteiger partial charge in [-0.05, 0) is 42.5 Å². The number of phenols is 1. The lowest BCUT2D eigenvalue weighted by atomic mass is 10.1. The van der Waals surface area contributed by atoms with E-state index < -0.39 is 5.91 Å². The van der Waals surface area contributed by atoms with Crippen molar-refractivity contribution in [2.24, 2.45) is 5.73 Å². The van der Waals surface area contributed by atoms with Crippen molar-refractivity contribution in [2.75, 3.05) is 0 Å². The van der Waals surface area contributed by atoms with E-state index in [9.17, 15) is 9.90 Å². The second-order valence-corrected chi connectivity index (χ2v) is 5.52. The molecule has 2 heterocycles. The molecule has 4 rings (SSSR count). The summed E-state index contributed by atoms with van der Waals surface area (Å²) in [7, 11) is 0. The topological polar surface area (TPSA) is 73.2 Å². The standard InChI is InChI=1S/C19H15N3O2/c20-18(24)17-15-5-1-2-6-16(15)22(13-7-9-14(23)10-8-13)19(17)21-11-3-4-12-21/h1-12,23H,(H2,20,24). The molecule has 2 aromatic carbocycles. The van der Waals surface area contributed by atoms with E-state index in [0.29, 0.717) is 11.4 Å². The second kappa shape index (κ2) is 5.31. The number of aromatic hydroxyl groups is 1. The molecule has 0 bridgehead atoms. The minimum Gasteiger partial charge on any atom is -0.508 e. The summed E-state index contributed by atoms with van der Waals surface area (Å²) in [6.07, 6.45) is 3.75. The first-order valence-electron chi connectivity index (χ1n) is 7.53. The van der Waals surface area contributed by atoms with Crippen LogP contribution in [-0.2, 0) is 0 Å². The highest BCUT2D eigenvalue weighted by Gasteiger charge is 2.22. The Bertz CT molecular complexity index is 1030. The number of rotatable bonds is 3. The lowest BCUT2D eigenvalue weighted by molar-refractivity contribution is 0.100. The van der Waals surface area contributed by atoms with Crippen LogP contribution in [0.2, 0.25) is 0 Å². The van der Waals surface area contributed by atoms with E-state index in [2.05, 4.69) is 0 Å². The molecule has 0 aliphatic heterocycles. The normalized spacial score (nSPS) is 11.0. The first kappa shape index (κ1) is 14.1. The maximum atomic E-state index is 12.2. The van der Waals surface area contributed by atoms with Gasteiger partial charge in [0.2, 0.25) is 0 Å². The van der Waals surface area contributed by atoms with Crippen LogP contribution in [0.3, 0.4) is 0 Å². The maximum absolute atomic E-state index is 12.2. The molecule has 5 heteroatoms. The van der Waals surface area contributed by atoms with Gasteiger partial charge in [0.25, 0.3) is 5.91 Å². The summed E-state index contributed by atoms with van der Waals surface area (Å²) < 4.78 is 3.84. The Morgan fingerprint density at radius 1 is 0.917 bits per heavy atom. The molecule has 0 aliphatic rings. The van der Waals surface area contributed by atoms with E-state index in [4.69, 9.17) is 5.73 Å². The minimum atomic E-state index is -0.479. The highest BCUT2D eigenvalue weighted by atomic mass is 16.3. The summed E-state index contributed by atoms with van der Waals surface area (Å²) in [6.45, 7) is 0. The number of hydrogen-bond donors (Lipinski definition) is 2. The molecular weight excluding hydrogens is 302 g/mol. The van der Waals surface area contributed by atoms with Crippen molar-refractivity contribution in [1.29, 1.82) is 0 Å². The Morgan fingerprint density at radius 2 is 1.58 bits per heavy atom. The molecule has 0 atom stereocenters. The van der Waals surface area contributed by atoms with Crippen molar-refractivity contribution < 1.29 is 9.90 Å². The number of carbonyl (C=O) groups is 1. The molecule has 4 aromatic rings. The van der Waals surface area contributed by atoms with Gasteiger partial charge in [-0.3, -0.25) is 9.36 Å². The third-order valence-corrected chi connectivity index (χ3v) is 4.05. The van der Waals surface area contributed by atoms with Gasteiger partial charge >= 0.3 is 0 Å². The number of fused-ring (bicyclic) bond motifs is 1. The number of aromatic nitrogens is 2. The predicted octanol–water partition coefficient (Wildman–Crippen LogP) is 3.23. The maximum Gasteiger partial charge on any atom is 0.253 e. The van der Waals surface area contributed by atoms with Crippen molar-refractivity contribution in [2.45, 2.75) is 0 Å². The lowest BCUT2D eigenvalue weighted by Gasteiger charge is -2.13. The Morgan fingerprint density at radius 3 is 2.25 bits per heavy atom. The van der Waals surface area contributed by atoms with Crippen LogP contribution < -0.4 is 5.73 Å². The third kappa shape index (κ3) is 2.06. The zero-order chi connectivity index (χ0) is 16.7. The number of nitrogens with zero attached hydrogens (tertiary/aromatic N) is 2. The zero-order valence-corrected chi connectivity index (χ0v) is 12.8. The zero-order valence-electron chi connectivity index (χ0n) is 12.8. The number of amides is 1. The number of phenolic OH excluding ortho intramolecular Hbond substituents is 1. The van der Waals surface area contributed by atoms with Crippen molar-refractivity contribution in [3.05, 3.63) is 78.6 Å². The average Bonchev–Trinajstić information content (AvgIpc) is 3.21. The number of para-hydroxylation sites is 1. The fraction of sp³-hybridized carbons (Fsp3) is 0. The van der Waals surface area contributed by atoms with Gasteiger partial charge in [-0.1, -0.05) is 18.2 Å². The van der Waals surface area contributed by atoms with Crippen molar-refractivity contribution in [1.82, 2.24) is 9.13 Å². The Balaban J connectivity index is 2.17. The monoisotopic (exact) mass is 317 g/mol. The predicted molar refractivity (Wildman–Crippen MR) is 92.8 cm³/mol. The van der Waals surface area contributed by atoms with Gasteiger partial charge in [0.1, 0.15) is 11.6 Å². The quantitative estimate of drug-likeness (QED) is 0.609. The number of carbonyl (C=O) groups excluding carboxylic acids is 1. The van der Waals surface area contributed by atoms with Gasteiger partial charge in [-0.25, -0.2) is 0 Å². The van der Waals surface area contributed by atoms with Gasteiger partial charge < -0.3 is 15.4 Å². The van der Waals surface area contributed by atoms with E-state index in [-0.39, 0.29) is 5.75 Å². The van der Waals surface area contributed by atoms with Crippen LogP contribution in [-0.4, -0.2) is 20.1 Å². The van der Waals surface area contributed by atoms with Gasteiger partial charge in [-0.15, -0.1) is 0 Å². The van der Waals surface area contributed by atoms with Crippen LogP contribution in [0.5, 0.6) is 5.75 Å². The summed E-state index contributed by atoms with van der Waals surface area (Å²) in [5.74, 6) is 0.389. The largest absolute Gasteiger partial charge is 0.508 e. The fourth-order valence-corrected chi connectivity index (χ4v) is 3.05. The van der Waals surface area contributed by atoms with Crippen molar-refractivity contribution >= 4 is 16.8 Å². The van der Waals surface area contributed by atoms with Gasteiger partial charge in [0, 0.05) is 23.5 Å². The van der Waals surface area contributed by atoms with Gasteiger partial charge in [-0.2, -0.15) is 0 Å². The van der Waals surface area contributed by atoms with E-state index in [1.807, 2.05) is 57.9 Å². The van der Waals surface area contributed by atoms with Crippen LogP contribution in [0.25, 0.3) is 22.4 Å². The molecule has 24 heavy (non-hydrogen) atoms. The third-order valence-electron chi connectivity index (χ3n) is 4.05. The van der Waals surface area contributed by atoms with E-state index in [1.165, 1.54) is 0 Å². The van der Waals surface area contributed by atoms with Crippen LogP contribution in [0.4, 0.5) is 0 Å². The number of benzene rings is 2. The molecule has 118 valence electrons.